The summed E-state index contributed by atoms with van der Waals surface area (Å²) in [6.45, 7) is 1.70. The number of benzene rings is 2. The maximum absolute atomic E-state index is 5.67. The Labute approximate surface area is 140 Å². The van der Waals surface area contributed by atoms with Crippen molar-refractivity contribution in [3.8, 4) is 0 Å². The van der Waals surface area contributed by atoms with E-state index in [1.165, 1.54) is 11.1 Å². The molecule has 0 aliphatic heterocycles. The van der Waals surface area contributed by atoms with Crippen LogP contribution in [0.4, 0.5) is 0 Å². The van der Waals surface area contributed by atoms with Gasteiger partial charge in [0, 0.05) is 13.2 Å². The van der Waals surface area contributed by atoms with Crippen LogP contribution in [0.1, 0.15) is 36.8 Å². The highest BCUT2D eigenvalue weighted by molar-refractivity contribution is 5.49. The zero-order valence-corrected chi connectivity index (χ0v) is 13.7. The van der Waals surface area contributed by atoms with Gasteiger partial charge in [0.2, 0.25) is 0 Å². The standard InChI is InChI=1S/C22H26O/c1-5-13-21(14-6-1)17-9-3-11-19-23-20-12-4-10-18-22-15-7-2-8-16-22/h1-2,5-10,13-18H,3-4,11-12,19-20H2/b17-9+,18-10+. The van der Waals surface area contributed by atoms with E-state index in [-0.39, 0.29) is 0 Å². The first-order chi connectivity index (χ1) is 11.4. The van der Waals surface area contributed by atoms with Crippen LogP contribution in [0.2, 0.25) is 0 Å². The Balaban J connectivity index is 1.44. The molecule has 0 aromatic heterocycles. The van der Waals surface area contributed by atoms with E-state index in [4.69, 9.17) is 4.74 Å². The molecular formula is C22H26O. The lowest BCUT2D eigenvalue weighted by Crippen LogP contribution is -1.95. The normalized spacial score (nSPS) is 11.5. The Hall–Kier alpha value is -2.12. The number of rotatable bonds is 10. The van der Waals surface area contributed by atoms with Crippen molar-refractivity contribution in [2.75, 3.05) is 13.2 Å². The largest absolute Gasteiger partial charge is 0.381 e. The molecule has 0 unspecified atom stereocenters. The van der Waals surface area contributed by atoms with Crippen molar-refractivity contribution >= 4 is 12.2 Å². The summed E-state index contributed by atoms with van der Waals surface area (Å²) in [4.78, 5) is 0. The van der Waals surface area contributed by atoms with E-state index >= 15 is 0 Å². The van der Waals surface area contributed by atoms with Gasteiger partial charge in [0.1, 0.15) is 0 Å². The molecule has 0 spiro atoms. The highest BCUT2D eigenvalue weighted by Gasteiger charge is 1.89. The van der Waals surface area contributed by atoms with Crippen molar-refractivity contribution in [1.82, 2.24) is 0 Å². The predicted octanol–water partition coefficient (Wildman–Crippen LogP) is 5.99. The summed E-state index contributed by atoms with van der Waals surface area (Å²) in [5, 5.41) is 0. The molecule has 1 nitrogen and oxygen atoms in total. The molecule has 0 fully saturated rings. The second-order valence-electron chi connectivity index (χ2n) is 5.52. The van der Waals surface area contributed by atoms with Crippen LogP contribution in [0.15, 0.2) is 72.8 Å². The third-order valence-electron chi connectivity index (χ3n) is 3.54. The maximum atomic E-state index is 5.67. The summed E-state index contributed by atoms with van der Waals surface area (Å²) in [6.07, 6.45) is 13.1. The van der Waals surface area contributed by atoms with Crippen molar-refractivity contribution in [3.63, 3.8) is 0 Å². The van der Waals surface area contributed by atoms with Gasteiger partial charge in [-0.2, -0.15) is 0 Å². The van der Waals surface area contributed by atoms with Crippen molar-refractivity contribution in [3.05, 3.63) is 83.9 Å². The van der Waals surface area contributed by atoms with Gasteiger partial charge in [-0.25, -0.2) is 0 Å². The Morgan fingerprint density at radius 1 is 0.609 bits per heavy atom. The van der Waals surface area contributed by atoms with Gasteiger partial charge in [0.15, 0.2) is 0 Å². The first-order valence-electron chi connectivity index (χ1n) is 8.46. The van der Waals surface area contributed by atoms with E-state index in [0.29, 0.717) is 0 Å². The molecule has 0 N–H and O–H groups in total. The fourth-order valence-electron chi connectivity index (χ4n) is 2.28. The molecule has 0 aliphatic carbocycles. The van der Waals surface area contributed by atoms with Crippen LogP contribution in [0, 0.1) is 0 Å². The van der Waals surface area contributed by atoms with Gasteiger partial charge < -0.3 is 4.74 Å². The first kappa shape index (κ1) is 17.2. The summed E-state index contributed by atoms with van der Waals surface area (Å²) in [5.74, 6) is 0. The zero-order chi connectivity index (χ0) is 16.0. The molecular weight excluding hydrogens is 280 g/mol. The lowest BCUT2D eigenvalue weighted by molar-refractivity contribution is 0.130. The first-order valence-corrected chi connectivity index (χ1v) is 8.46. The van der Waals surface area contributed by atoms with E-state index in [2.05, 4.69) is 72.8 Å². The van der Waals surface area contributed by atoms with Crippen LogP contribution in [0.3, 0.4) is 0 Å². The van der Waals surface area contributed by atoms with Gasteiger partial charge in [0.05, 0.1) is 0 Å². The van der Waals surface area contributed by atoms with Crippen LogP contribution in [-0.2, 0) is 4.74 Å². The molecule has 0 aliphatic rings. The number of ether oxygens (including phenoxy) is 1. The lowest BCUT2D eigenvalue weighted by atomic mass is 10.2. The molecule has 0 radical (unpaired) electrons. The number of hydrogen-bond acceptors (Lipinski definition) is 1. The third-order valence-corrected chi connectivity index (χ3v) is 3.54. The Bertz CT molecular complexity index is 516. The van der Waals surface area contributed by atoms with Crippen molar-refractivity contribution in [2.24, 2.45) is 0 Å². The topological polar surface area (TPSA) is 9.23 Å². The Morgan fingerprint density at radius 2 is 1.04 bits per heavy atom. The lowest BCUT2D eigenvalue weighted by Gasteiger charge is -2.01. The molecule has 0 amide bonds. The fourth-order valence-corrected chi connectivity index (χ4v) is 2.28. The average molecular weight is 306 g/mol. The molecule has 2 aromatic carbocycles. The second-order valence-corrected chi connectivity index (χ2v) is 5.52. The Morgan fingerprint density at radius 3 is 1.48 bits per heavy atom. The van der Waals surface area contributed by atoms with E-state index in [9.17, 15) is 0 Å². The molecule has 120 valence electrons. The van der Waals surface area contributed by atoms with Gasteiger partial charge in [0.25, 0.3) is 0 Å². The van der Waals surface area contributed by atoms with Gasteiger partial charge >= 0.3 is 0 Å². The number of hydrogen-bond donors (Lipinski definition) is 0. The van der Waals surface area contributed by atoms with Gasteiger partial charge in [-0.1, -0.05) is 85.0 Å². The summed E-state index contributed by atoms with van der Waals surface area (Å²) >= 11 is 0. The Kier molecular flexibility index (Phi) is 8.58. The molecule has 2 rings (SSSR count). The van der Waals surface area contributed by atoms with E-state index in [1.807, 2.05) is 12.1 Å². The minimum atomic E-state index is 0.849. The molecule has 0 heterocycles. The SMILES string of the molecule is C(=C\c1ccccc1)/CCCOCCC/C=C/c1ccccc1. The van der Waals surface area contributed by atoms with E-state index in [1.54, 1.807) is 0 Å². The minimum absolute atomic E-state index is 0.849. The van der Waals surface area contributed by atoms with Crippen LogP contribution >= 0.6 is 0 Å². The third kappa shape index (κ3) is 8.18. The maximum Gasteiger partial charge on any atom is 0.0468 e. The van der Waals surface area contributed by atoms with Crippen molar-refractivity contribution < 1.29 is 4.74 Å². The van der Waals surface area contributed by atoms with E-state index in [0.717, 1.165) is 38.9 Å². The van der Waals surface area contributed by atoms with Gasteiger partial charge in [-0.15, -0.1) is 0 Å². The van der Waals surface area contributed by atoms with Gasteiger partial charge in [-0.05, 0) is 36.8 Å². The summed E-state index contributed by atoms with van der Waals surface area (Å²) in [5.41, 5.74) is 2.53. The van der Waals surface area contributed by atoms with Gasteiger partial charge in [-0.3, -0.25) is 0 Å². The van der Waals surface area contributed by atoms with Crippen molar-refractivity contribution in [2.45, 2.75) is 25.7 Å². The molecule has 1 heteroatoms. The molecule has 23 heavy (non-hydrogen) atoms. The minimum Gasteiger partial charge on any atom is -0.381 e. The smallest absolute Gasteiger partial charge is 0.0468 e. The average Bonchev–Trinajstić information content (AvgIpc) is 2.61. The zero-order valence-electron chi connectivity index (χ0n) is 13.7. The highest BCUT2D eigenvalue weighted by Crippen LogP contribution is 2.04. The highest BCUT2D eigenvalue weighted by atomic mass is 16.5. The summed E-state index contributed by atoms with van der Waals surface area (Å²) < 4.78 is 5.67. The van der Waals surface area contributed by atoms with Crippen LogP contribution in [-0.4, -0.2) is 13.2 Å². The van der Waals surface area contributed by atoms with Crippen LogP contribution < -0.4 is 0 Å². The second kappa shape index (κ2) is 11.4. The molecule has 0 atom stereocenters. The quantitative estimate of drug-likeness (QED) is 0.490. The summed E-state index contributed by atoms with van der Waals surface area (Å²) in [6, 6.07) is 20.8. The molecule has 0 saturated carbocycles. The van der Waals surface area contributed by atoms with Crippen LogP contribution in [0.25, 0.3) is 12.2 Å². The number of unbranched alkanes of at least 4 members (excludes halogenated alkanes) is 2. The summed E-state index contributed by atoms with van der Waals surface area (Å²) in [7, 11) is 0. The van der Waals surface area contributed by atoms with Crippen LogP contribution in [0.5, 0.6) is 0 Å². The van der Waals surface area contributed by atoms with Crippen molar-refractivity contribution in [1.29, 1.82) is 0 Å². The fraction of sp³-hybridized carbons (Fsp3) is 0.273. The van der Waals surface area contributed by atoms with E-state index < -0.39 is 0 Å². The predicted molar refractivity (Wildman–Crippen MR) is 100 cm³/mol. The molecule has 0 saturated heterocycles. The molecule has 0 bridgehead atoms. The number of allylic oxidation sites excluding steroid dienone is 2. The monoisotopic (exact) mass is 306 g/mol. The molecule has 2 aromatic rings.